The van der Waals surface area contributed by atoms with E-state index in [0.717, 1.165) is 12.8 Å². The fraction of sp³-hybridized carbons (Fsp3) is 0.923. The minimum Gasteiger partial charge on any atom is -0.466 e. The minimum atomic E-state index is 0.00391. The van der Waals surface area contributed by atoms with Crippen LogP contribution in [-0.2, 0) is 9.53 Å². The first-order chi connectivity index (χ1) is 7.74. The Hall–Kier alpha value is -0.570. The molecule has 0 radical (unpaired) electrons. The van der Waals surface area contributed by atoms with Crippen molar-refractivity contribution in [3.63, 3.8) is 0 Å². The van der Waals surface area contributed by atoms with Gasteiger partial charge in [-0.1, -0.05) is 6.92 Å². The topological polar surface area (TPSA) is 29.5 Å². The van der Waals surface area contributed by atoms with Crippen LogP contribution in [0.3, 0.4) is 0 Å². The van der Waals surface area contributed by atoms with E-state index in [0.29, 0.717) is 18.4 Å². The largest absolute Gasteiger partial charge is 0.466 e. The molecule has 3 aliphatic rings. The van der Waals surface area contributed by atoms with Crippen LogP contribution >= 0.6 is 0 Å². The number of ether oxygens (including phenoxy) is 1. The van der Waals surface area contributed by atoms with Crippen LogP contribution in [0.25, 0.3) is 0 Å². The molecule has 3 nitrogen and oxygen atoms in total. The van der Waals surface area contributed by atoms with Crippen molar-refractivity contribution in [1.82, 2.24) is 4.90 Å². The van der Waals surface area contributed by atoms with Gasteiger partial charge in [0.1, 0.15) is 0 Å². The van der Waals surface area contributed by atoms with E-state index in [-0.39, 0.29) is 5.97 Å². The van der Waals surface area contributed by atoms with E-state index in [1.165, 1.54) is 38.9 Å². The Bertz CT molecular complexity index is 231. The molecule has 3 aliphatic heterocycles. The van der Waals surface area contributed by atoms with Crippen molar-refractivity contribution >= 4 is 5.97 Å². The molecule has 0 aromatic carbocycles. The van der Waals surface area contributed by atoms with E-state index in [1.807, 2.05) is 6.92 Å². The van der Waals surface area contributed by atoms with Gasteiger partial charge in [-0.25, -0.2) is 0 Å². The molecule has 3 rings (SSSR count). The molecule has 0 aliphatic carbocycles. The predicted molar refractivity (Wildman–Crippen MR) is 63.2 cm³/mol. The van der Waals surface area contributed by atoms with Crippen molar-refractivity contribution in [2.45, 2.75) is 45.4 Å². The second-order valence-electron chi connectivity index (χ2n) is 5.31. The third-order valence-corrected chi connectivity index (χ3v) is 4.20. The number of rotatable bonds is 5. The summed E-state index contributed by atoms with van der Waals surface area (Å²) in [6.45, 7) is 6.33. The number of esters is 1. The molecule has 2 bridgehead atoms. The van der Waals surface area contributed by atoms with Crippen LogP contribution in [0.4, 0.5) is 0 Å². The summed E-state index contributed by atoms with van der Waals surface area (Å²) in [5.41, 5.74) is 0.472. The van der Waals surface area contributed by atoms with Crippen molar-refractivity contribution in [2.24, 2.45) is 5.41 Å². The van der Waals surface area contributed by atoms with E-state index in [2.05, 4.69) is 4.90 Å². The Balaban J connectivity index is 1.74. The Morgan fingerprint density at radius 2 is 1.88 bits per heavy atom. The van der Waals surface area contributed by atoms with Gasteiger partial charge in [0.2, 0.25) is 0 Å². The molecule has 0 amide bonds. The zero-order valence-corrected chi connectivity index (χ0v) is 10.3. The number of carbonyl (C=O) groups excluding carboxylic acids is 1. The van der Waals surface area contributed by atoms with Gasteiger partial charge in [0.15, 0.2) is 0 Å². The standard InChI is InChI=1S/C13H23NO2/c1-2-11-16-12(15)3-4-13-5-8-14(9-6-13)10-7-13/h2-11H2,1H3. The van der Waals surface area contributed by atoms with Gasteiger partial charge in [0, 0.05) is 6.42 Å². The summed E-state index contributed by atoms with van der Waals surface area (Å²) in [7, 11) is 0. The molecule has 0 saturated carbocycles. The van der Waals surface area contributed by atoms with Gasteiger partial charge in [-0.05, 0) is 57.2 Å². The van der Waals surface area contributed by atoms with Crippen LogP contribution in [0.1, 0.15) is 45.4 Å². The Morgan fingerprint density at radius 3 is 2.44 bits per heavy atom. The number of hydrogen-bond acceptors (Lipinski definition) is 3. The van der Waals surface area contributed by atoms with Gasteiger partial charge in [-0.3, -0.25) is 4.79 Å². The van der Waals surface area contributed by atoms with Crippen LogP contribution in [-0.4, -0.2) is 37.1 Å². The lowest BCUT2D eigenvalue weighted by Crippen LogP contribution is -2.48. The first kappa shape index (κ1) is 11.9. The maximum Gasteiger partial charge on any atom is 0.305 e. The van der Waals surface area contributed by atoms with E-state index >= 15 is 0 Å². The zero-order chi connectivity index (χ0) is 11.4. The minimum absolute atomic E-state index is 0.00391. The Morgan fingerprint density at radius 1 is 1.25 bits per heavy atom. The second kappa shape index (κ2) is 5.17. The summed E-state index contributed by atoms with van der Waals surface area (Å²) in [6, 6.07) is 0. The number of fused-ring (bicyclic) bond motifs is 3. The molecule has 92 valence electrons. The highest BCUT2D eigenvalue weighted by atomic mass is 16.5. The van der Waals surface area contributed by atoms with E-state index < -0.39 is 0 Å². The lowest BCUT2D eigenvalue weighted by atomic mass is 9.69. The van der Waals surface area contributed by atoms with Crippen LogP contribution in [0, 0.1) is 5.41 Å². The fourth-order valence-corrected chi connectivity index (χ4v) is 2.93. The van der Waals surface area contributed by atoms with Gasteiger partial charge in [-0.2, -0.15) is 0 Å². The summed E-state index contributed by atoms with van der Waals surface area (Å²) < 4.78 is 5.14. The highest BCUT2D eigenvalue weighted by molar-refractivity contribution is 5.69. The van der Waals surface area contributed by atoms with Crippen LogP contribution < -0.4 is 0 Å². The monoisotopic (exact) mass is 225 g/mol. The van der Waals surface area contributed by atoms with Crippen molar-refractivity contribution in [3.05, 3.63) is 0 Å². The molecule has 0 unspecified atom stereocenters. The summed E-state index contributed by atoms with van der Waals surface area (Å²) in [6.07, 6.45) is 6.45. The summed E-state index contributed by atoms with van der Waals surface area (Å²) in [4.78, 5) is 14.0. The Kier molecular flexibility index (Phi) is 3.85. The molecule has 0 aromatic rings. The molecule has 0 spiro atoms. The molecule has 0 aromatic heterocycles. The van der Waals surface area contributed by atoms with Crippen molar-refractivity contribution < 1.29 is 9.53 Å². The molecule has 0 N–H and O–H groups in total. The molecule has 3 heterocycles. The van der Waals surface area contributed by atoms with E-state index in [1.54, 1.807) is 0 Å². The second-order valence-corrected chi connectivity index (χ2v) is 5.31. The molecular weight excluding hydrogens is 202 g/mol. The normalized spacial score (nSPS) is 32.7. The first-order valence-corrected chi connectivity index (χ1v) is 6.62. The van der Waals surface area contributed by atoms with Gasteiger partial charge in [0.05, 0.1) is 6.61 Å². The molecule has 3 fully saturated rings. The number of piperidine rings is 3. The first-order valence-electron chi connectivity index (χ1n) is 6.62. The van der Waals surface area contributed by atoms with Gasteiger partial charge in [-0.15, -0.1) is 0 Å². The maximum atomic E-state index is 11.5. The molecular formula is C13H23NO2. The smallest absolute Gasteiger partial charge is 0.305 e. The lowest BCUT2D eigenvalue weighted by molar-refractivity contribution is -0.145. The SMILES string of the molecule is CCCOC(=O)CCC12CCN(CC1)CC2. The number of nitrogens with zero attached hydrogens (tertiary/aromatic N) is 1. The summed E-state index contributed by atoms with van der Waals surface area (Å²) in [5, 5.41) is 0. The van der Waals surface area contributed by atoms with Gasteiger partial charge >= 0.3 is 5.97 Å². The maximum absolute atomic E-state index is 11.5. The van der Waals surface area contributed by atoms with E-state index in [9.17, 15) is 4.79 Å². The zero-order valence-electron chi connectivity index (χ0n) is 10.3. The van der Waals surface area contributed by atoms with Gasteiger partial charge in [0.25, 0.3) is 0 Å². The van der Waals surface area contributed by atoms with E-state index in [4.69, 9.17) is 4.74 Å². The lowest BCUT2D eigenvalue weighted by Gasteiger charge is -2.48. The molecule has 3 saturated heterocycles. The number of carbonyl (C=O) groups is 1. The average Bonchev–Trinajstić information content (AvgIpc) is 2.36. The quantitative estimate of drug-likeness (QED) is 0.672. The molecule has 3 heteroatoms. The third-order valence-electron chi connectivity index (χ3n) is 4.20. The third kappa shape index (κ3) is 2.76. The van der Waals surface area contributed by atoms with Crippen molar-refractivity contribution in [1.29, 1.82) is 0 Å². The van der Waals surface area contributed by atoms with Crippen LogP contribution in [0.5, 0.6) is 0 Å². The highest BCUT2D eigenvalue weighted by Crippen LogP contribution is 2.43. The van der Waals surface area contributed by atoms with Gasteiger partial charge < -0.3 is 9.64 Å². The summed E-state index contributed by atoms with van der Waals surface area (Å²) in [5.74, 6) is 0.00391. The van der Waals surface area contributed by atoms with Crippen molar-refractivity contribution in [2.75, 3.05) is 26.2 Å². The molecule has 0 atom stereocenters. The summed E-state index contributed by atoms with van der Waals surface area (Å²) >= 11 is 0. The predicted octanol–water partition coefficient (Wildman–Crippen LogP) is 2.21. The van der Waals surface area contributed by atoms with Crippen LogP contribution in [0.2, 0.25) is 0 Å². The van der Waals surface area contributed by atoms with Crippen LogP contribution in [0.15, 0.2) is 0 Å². The average molecular weight is 225 g/mol. The highest BCUT2D eigenvalue weighted by Gasteiger charge is 2.39. The van der Waals surface area contributed by atoms with Crippen molar-refractivity contribution in [3.8, 4) is 0 Å². The Labute approximate surface area is 98.1 Å². The number of hydrogen-bond donors (Lipinski definition) is 0. The fourth-order valence-electron chi connectivity index (χ4n) is 2.93. The molecule has 16 heavy (non-hydrogen) atoms.